The van der Waals surface area contributed by atoms with Gasteiger partial charge in [0.15, 0.2) is 0 Å². The fraction of sp³-hybridized carbons (Fsp3) is 0.957. The second kappa shape index (κ2) is 12.2. The highest BCUT2D eigenvalue weighted by atomic mass is 16.6. The zero-order chi connectivity index (χ0) is 22.1. The molecule has 0 unspecified atom stereocenters. The van der Waals surface area contributed by atoms with E-state index in [1.54, 1.807) is 0 Å². The summed E-state index contributed by atoms with van der Waals surface area (Å²) in [5.74, 6) is -0.118. The molecule has 0 N–H and O–H groups in total. The van der Waals surface area contributed by atoms with Gasteiger partial charge in [-0.1, -0.05) is 20.8 Å². The first kappa shape index (κ1) is 26.3. The molecule has 6 heteroatoms. The molecule has 1 heterocycles. The molecule has 0 atom stereocenters. The van der Waals surface area contributed by atoms with Gasteiger partial charge in [0.1, 0.15) is 5.60 Å². The van der Waals surface area contributed by atoms with Gasteiger partial charge >= 0.3 is 5.97 Å². The van der Waals surface area contributed by atoms with Crippen molar-refractivity contribution in [3.05, 3.63) is 0 Å². The molecule has 0 spiro atoms. The van der Waals surface area contributed by atoms with Gasteiger partial charge < -0.3 is 19.4 Å². The summed E-state index contributed by atoms with van der Waals surface area (Å²) in [6.45, 7) is 22.6. The first-order chi connectivity index (χ1) is 13.3. The topological polar surface area (TPSA) is 39.3 Å². The lowest BCUT2D eigenvalue weighted by molar-refractivity contribution is -0.156. The van der Waals surface area contributed by atoms with E-state index in [1.165, 1.54) is 6.42 Å². The third-order valence-corrected chi connectivity index (χ3v) is 5.09. The molecular formula is C23H48N4O2. The smallest absolute Gasteiger partial charge is 0.320 e. The van der Waals surface area contributed by atoms with Gasteiger partial charge in [0.2, 0.25) is 0 Å². The number of nitrogens with zero attached hydrogens (tertiary/aromatic N) is 4. The highest BCUT2D eigenvalue weighted by molar-refractivity contribution is 5.72. The van der Waals surface area contributed by atoms with Crippen LogP contribution < -0.4 is 0 Å². The fourth-order valence-electron chi connectivity index (χ4n) is 3.74. The van der Waals surface area contributed by atoms with Crippen LogP contribution in [0.15, 0.2) is 0 Å². The fourth-order valence-corrected chi connectivity index (χ4v) is 3.74. The van der Waals surface area contributed by atoms with Crippen molar-refractivity contribution in [1.82, 2.24) is 19.6 Å². The summed E-state index contributed by atoms with van der Waals surface area (Å²) in [7, 11) is 4.41. The number of carbonyl (C=O) groups excluding carboxylic acids is 1. The van der Waals surface area contributed by atoms with Crippen LogP contribution >= 0.6 is 0 Å². The van der Waals surface area contributed by atoms with Crippen LogP contribution in [-0.4, -0.2) is 111 Å². The monoisotopic (exact) mass is 412 g/mol. The largest absolute Gasteiger partial charge is 0.459 e. The number of likely N-dealkylation sites (N-methyl/N-ethyl adjacent to an activating group) is 2. The minimum absolute atomic E-state index is 0.118. The van der Waals surface area contributed by atoms with Gasteiger partial charge in [-0.3, -0.25) is 9.69 Å². The lowest BCUT2D eigenvalue weighted by Gasteiger charge is -2.33. The predicted molar refractivity (Wildman–Crippen MR) is 122 cm³/mol. The summed E-state index contributed by atoms with van der Waals surface area (Å²) in [5.41, 5.74) is -0.0895. The third-order valence-electron chi connectivity index (χ3n) is 5.09. The number of hydrogen-bond acceptors (Lipinski definition) is 6. The van der Waals surface area contributed by atoms with E-state index in [2.05, 4.69) is 54.5 Å². The molecule has 0 aliphatic carbocycles. The quantitative estimate of drug-likeness (QED) is 0.664. The molecule has 1 aliphatic rings. The normalized spacial score (nSPS) is 21.7. The Morgan fingerprint density at radius 2 is 1.21 bits per heavy atom. The average Bonchev–Trinajstić information content (AvgIpc) is 2.53. The Kier molecular flexibility index (Phi) is 11.1. The molecule has 0 amide bonds. The number of hydrogen-bond donors (Lipinski definition) is 0. The standard InChI is InChI=1S/C23H48N4O2/c1-22(2,3)20-27-14-10-12-24(7)15-17-26(13-9-11-25(8)16-18-27)19-21(28)29-23(4,5)6/h9-20H2,1-8H3. The molecule has 1 fully saturated rings. The highest BCUT2D eigenvalue weighted by Gasteiger charge is 2.20. The molecule has 0 aromatic heterocycles. The number of rotatable bonds is 3. The van der Waals surface area contributed by atoms with E-state index in [4.69, 9.17) is 4.74 Å². The molecule has 1 rings (SSSR count). The molecule has 1 aliphatic heterocycles. The van der Waals surface area contributed by atoms with Crippen LogP contribution in [0.4, 0.5) is 0 Å². The minimum Gasteiger partial charge on any atom is -0.459 e. The Hall–Kier alpha value is -0.690. The van der Waals surface area contributed by atoms with Gasteiger partial charge in [-0.05, 0) is 72.8 Å². The number of ether oxygens (including phenoxy) is 1. The van der Waals surface area contributed by atoms with Crippen LogP contribution in [0.3, 0.4) is 0 Å². The molecule has 0 aromatic carbocycles. The van der Waals surface area contributed by atoms with E-state index in [0.29, 0.717) is 12.0 Å². The molecule has 0 radical (unpaired) electrons. The summed E-state index contributed by atoms with van der Waals surface area (Å²) in [5, 5.41) is 0. The van der Waals surface area contributed by atoms with Crippen molar-refractivity contribution in [1.29, 1.82) is 0 Å². The molecule has 6 nitrogen and oxygen atoms in total. The first-order valence-corrected chi connectivity index (χ1v) is 11.4. The summed E-state index contributed by atoms with van der Waals surface area (Å²) < 4.78 is 5.54. The van der Waals surface area contributed by atoms with Gasteiger partial charge in [0, 0.05) is 39.3 Å². The lowest BCUT2D eigenvalue weighted by Crippen LogP contribution is -2.43. The van der Waals surface area contributed by atoms with Crippen molar-refractivity contribution in [3.8, 4) is 0 Å². The van der Waals surface area contributed by atoms with Crippen LogP contribution in [0.2, 0.25) is 0 Å². The molecular weight excluding hydrogens is 364 g/mol. The van der Waals surface area contributed by atoms with Crippen LogP contribution in [0.25, 0.3) is 0 Å². The Balaban J connectivity index is 2.64. The number of carbonyl (C=O) groups is 1. The zero-order valence-corrected chi connectivity index (χ0v) is 20.6. The van der Waals surface area contributed by atoms with Crippen molar-refractivity contribution in [2.45, 2.75) is 60.0 Å². The average molecular weight is 413 g/mol. The van der Waals surface area contributed by atoms with Crippen molar-refractivity contribution in [2.75, 3.05) is 79.5 Å². The molecule has 0 bridgehead atoms. The van der Waals surface area contributed by atoms with Gasteiger partial charge in [0.25, 0.3) is 0 Å². The maximum atomic E-state index is 12.3. The molecule has 0 aromatic rings. The molecule has 0 saturated carbocycles. The predicted octanol–water partition coefficient (Wildman–Crippen LogP) is 2.64. The van der Waals surface area contributed by atoms with E-state index in [1.807, 2.05) is 20.8 Å². The van der Waals surface area contributed by atoms with Crippen LogP contribution in [-0.2, 0) is 9.53 Å². The zero-order valence-electron chi connectivity index (χ0n) is 20.6. The van der Waals surface area contributed by atoms with E-state index >= 15 is 0 Å². The Bertz CT molecular complexity index is 470. The SMILES string of the molecule is CN1CCCN(CC(C)(C)C)CCN(C)CCCN(CC(=O)OC(C)(C)C)CC1. The lowest BCUT2D eigenvalue weighted by atomic mass is 9.96. The Labute approximate surface area is 180 Å². The summed E-state index contributed by atoms with van der Waals surface area (Å²) in [6, 6.07) is 0. The van der Waals surface area contributed by atoms with Crippen LogP contribution in [0.5, 0.6) is 0 Å². The van der Waals surface area contributed by atoms with Gasteiger partial charge in [-0.2, -0.15) is 0 Å². The first-order valence-electron chi connectivity index (χ1n) is 11.4. The van der Waals surface area contributed by atoms with Crippen LogP contribution in [0.1, 0.15) is 54.4 Å². The van der Waals surface area contributed by atoms with Gasteiger partial charge in [-0.15, -0.1) is 0 Å². The van der Waals surface area contributed by atoms with Crippen molar-refractivity contribution in [3.63, 3.8) is 0 Å². The van der Waals surface area contributed by atoms with Crippen molar-refractivity contribution < 1.29 is 9.53 Å². The highest BCUT2D eigenvalue weighted by Crippen LogP contribution is 2.15. The second-order valence-electron chi connectivity index (χ2n) is 11.0. The molecule has 172 valence electrons. The molecule has 29 heavy (non-hydrogen) atoms. The third kappa shape index (κ3) is 14.0. The van der Waals surface area contributed by atoms with Gasteiger partial charge in [-0.25, -0.2) is 0 Å². The Morgan fingerprint density at radius 1 is 0.724 bits per heavy atom. The van der Waals surface area contributed by atoms with E-state index in [9.17, 15) is 4.79 Å². The Morgan fingerprint density at radius 3 is 1.69 bits per heavy atom. The minimum atomic E-state index is -0.421. The summed E-state index contributed by atoms with van der Waals surface area (Å²) >= 11 is 0. The van der Waals surface area contributed by atoms with E-state index in [0.717, 1.165) is 65.3 Å². The maximum absolute atomic E-state index is 12.3. The van der Waals surface area contributed by atoms with Gasteiger partial charge in [0.05, 0.1) is 6.54 Å². The van der Waals surface area contributed by atoms with Crippen molar-refractivity contribution >= 4 is 5.97 Å². The van der Waals surface area contributed by atoms with E-state index in [-0.39, 0.29) is 5.97 Å². The summed E-state index contributed by atoms with van der Waals surface area (Å²) in [6.07, 6.45) is 2.25. The number of esters is 1. The van der Waals surface area contributed by atoms with Crippen LogP contribution in [0, 0.1) is 5.41 Å². The second-order valence-corrected chi connectivity index (χ2v) is 11.0. The maximum Gasteiger partial charge on any atom is 0.320 e. The van der Waals surface area contributed by atoms with E-state index < -0.39 is 5.60 Å². The van der Waals surface area contributed by atoms with Crippen molar-refractivity contribution in [2.24, 2.45) is 5.41 Å². The molecule has 1 saturated heterocycles. The summed E-state index contributed by atoms with van der Waals surface area (Å²) in [4.78, 5) is 22.0.